The first-order valence-electron chi connectivity index (χ1n) is 6.34. The molecule has 0 aliphatic rings. The summed E-state index contributed by atoms with van der Waals surface area (Å²) in [6, 6.07) is 12.9. The summed E-state index contributed by atoms with van der Waals surface area (Å²) < 4.78 is 13.3. The van der Waals surface area contributed by atoms with E-state index in [1.807, 2.05) is 24.3 Å². The van der Waals surface area contributed by atoms with Crippen LogP contribution in [-0.2, 0) is 6.54 Å². The number of halogens is 2. The predicted octanol–water partition coefficient (Wildman–Crippen LogP) is 4.64. The molecule has 2 rings (SSSR count). The highest BCUT2D eigenvalue weighted by molar-refractivity contribution is 6.33. The molecule has 0 aliphatic carbocycles. The third-order valence-corrected chi connectivity index (χ3v) is 3.24. The van der Waals surface area contributed by atoms with Crippen molar-refractivity contribution in [1.82, 2.24) is 5.32 Å². The van der Waals surface area contributed by atoms with Crippen LogP contribution < -0.4 is 5.32 Å². The molecule has 0 radical (unpaired) electrons. The number of benzene rings is 2. The van der Waals surface area contributed by atoms with Crippen LogP contribution in [0.4, 0.5) is 4.39 Å². The van der Waals surface area contributed by atoms with E-state index in [2.05, 4.69) is 19.2 Å². The maximum atomic E-state index is 13.3. The van der Waals surface area contributed by atoms with Gasteiger partial charge in [-0.25, -0.2) is 4.39 Å². The Morgan fingerprint density at radius 2 is 1.79 bits per heavy atom. The van der Waals surface area contributed by atoms with Gasteiger partial charge >= 0.3 is 0 Å². The van der Waals surface area contributed by atoms with Crippen molar-refractivity contribution in [2.75, 3.05) is 0 Å². The molecule has 2 aromatic rings. The molecule has 0 fully saturated rings. The minimum atomic E-state index is -0.273. The molecule has 2 aromatic carbocycles. The predicted molar refractivity (Wildman–Crippen MR) is 78.8 cm³/mol. The van der Waals surface area contributed by atoms with Crippen LogP contribution in [0.2, 0.25) is 5.02 Å². The minimum Gasteiger partial charge on any atom is -0.310 e. The van der Waals surface area contributed by atoms with Crippen LogP contribution in [0.3, 0.4) is 0 Å². The highest BCUT2D eigenvalue weighted by atomic mass is 35.5. The SMILES string of the molecule is CC(C)NCc1ccc(-c2cc(F)ccc2Cl)cc1. The second kappa shape index (κ2) is 6.18. The van der Waals surface area contributed by atoms with Crippen molar-refractivity contribution in [3.05, 3.63) is 58.9 Å². The first kappa shape index (κ1) is 14.0. The molecule has 0 saturated heterocycles. The Labute approximate surface area is 118 Å². The summed E-state index contributed by atoms with van der Waals surface area (Å²) in [5.74, 6) is -0.273. The van der Waals surface area contributed by atoms with E-state index in [0.29, 0.717) is 11.1 Å². The van der Waals surface area contributed by atoms with Crippen LogP contribution in [0.15, 0.2) is 42.5 Å². The average Bonchev–Trinajstić information content (AvgIpc) is 2.40. The van der Waals surface area contributed by atoms with Crippen LogP contribution in [0.1, 0.15) is 19.4 Å². The van der Waals surface area contributed by atoms with E-state index >= 15 is 0 Å². The van der Waals surface area contributed by atoms with Gasteiger partial charge < -0.3 is 5.32 Å². The van der Waals surface area contributed by atoms with Crippen LogP contribution in [0.5, 0.6) is 0 Å². The monoisotopic (exact) mass is 277 g/mol. The first-order chi connectivity index (χ1) is 9.06. The van der Waals surface area contributed by atoms with Crippen LogP contribution in [0.25, 0.3) is 11.1 Å². The summed E-state index contributed by atoms with van der Waals surface area (Å²) in [4.78, 5) is 0. The zero-order valence-electron chi connectivity index (χ0n) is 11.1. The van der Waals surface area contributed by atoms with Crippen molar-refractivity contribution in [3.63, 3.8) is 0 Å². The van der Waals surface area contributed by atoms with Gasteiger partial charge in [-0.05, 0) is 29.3 Å². The molecule has 0 bridgehead atoms. The Balaban J connectivity index is 2.20. The van der Waals surface area contributed by atoms with Crippen LogP contribution in [-0.4, -0.2) is 6.04 Å². The molecular weight excluding hydrogens is 261 g/mol. The second-order valence-corrected chi connectivity index (χ2v) is 5.26. The summed E-state index contributed by atoms with van der Waals surface area (Å²) in [7, 11) is 0. The molecule has 1 nitrogen and oxygen atoms in total. The molecule has 1 N–H and O–H groups in total. The van der Waals surface area contributed by atoms with Gasteiger partial charge in [0.25, 0.3) is 0 Å². The Morgan fingerprint density at radius 3 is 2.42 bits per heavy atom. The highest BCUT2D eigenvalue weighted by Gasteiger charge is 2.05. The molecule has 0 amide bonds. The normalized spacial score (nSPS) is 11.0. The molecule has 0 unspecified atom stereocenters. The van der Waals surface area contributed by atoms with Crippen molar-refractivity contribution >= 4 is 11.6 Å². The fraction of sp³-hybridized carbons (Fsp3) is 0.250. The van der Waals surface area contributed by atoms with Gasteiger partial charge in [-0.1, -0.05) is 49.7 Å². The smallest absolute Gasteiger partial charge is 0.123 e. The van der Waals surface area contributed by atoms with E-state index in [-0.39, 0.29) is 5.82 Å². The van der Waals surface area contributed by atoms with E-state index in [0.717, 1.165) is 17.7 Å². The lowest BCUT2D eigenvalue weighted by Crippen LogP contribution is -2.21. The van der Waals surface area contributed by atoms with Gasteiger partial charge in [0.05, 0.1) is 0 Å². The van der Waals surface area contributed by atoms with Gasteiger partial charge in [-0.3, -0.25) is 0 Å². The Kier molecular flexibility index (Phi) is 4.56. The van der Waals surface area contributed by atoms with E-state index in [1.54, 1.807) is 6.07 Å². The second-order valence-electron chi connectivity index (χ2n) is 4.86. The lowest BCUT2D eigenvalue weighted by atomic mass is 10.0. The average molecular weight is 278 g/mol. The summed E-state index contributed by atoms with van der Waals surface area (Å²) >= 11 is 6.09. The number of hydrogen-bond donors (Lipinski definition) is 1. The van der Waals surface area contributed by atoms with E-state index in [4.69, 9.17) is 11.6 Å². The number of rotatable bonds is 4. The topological polar surface area (TPSA) is 12.0 Å². The van der Waals surface area contributed by atoms with Crippen LogP contribution in [0, 0.1) is 5.82 Å². The largest absolute Gasteiger partial charge is 0.310 e. The highest BCUT2D eigenvalue weighted by Crippen LogP contribution is 2.28. The van der Waals surface area contributed by atoms with E-state index in [1.165, 1.54) is 17.7 Å². The molecule has 0 atom stereocenters. The molecule has 0 aliphatic heterocycles. The van der Waals surface area contributed by atoms with Gasteiger partial charge in [0.2, 0.25) is 0 Å². The molecule has 0 aromatic heterocycles. The minimum absolute atomic E-state index is 0.273. The summed E-state index contributed by atoms with van der Waals surface area (Å²) in [6.07, 6.45) is 0. The zero-order valence-corrected chi connectivity index (χ0v) is 11.8. The van der Waals surface area contributed by atoms with Crippen molar-refractivity contribution in [1.29, 1.82) is 0 Å². The standard InChI is InChI=1S/C16H17ClFN/c1-11(2)19-10-12-3-5-13(6-4-12)15-9-14(18)7-8-16(15)17/h3-9,11,19H,10H2,1-2H3. The van der Waals surface area contributed by atoms with E-state index in [9.17, 15) is 4.39 Å². The summed E-state index contributed by atoms with van der Waals surface area (Å²) in [5.41, 5.74) is 2.85. The zero-order chi connectivity index (χ0) is 13.8. The molecular formula is C16H17ClFN. The summed E-state index contributed by atoms with van der Waals surface area (Å²) in [5, 5.41) is 3.92. The van der Waals surface area contributed by atoms with Gasteiger partial charge in [0.15, 0.2) is 0 Å². The van der Waals surface area contributed by atoms with Gasteiger partial charge in [-0.15, -0.1) is 0 Å². The third kappa shape index (κ3) is 3.79. The molecule has 0 spiro atoms. The summed E-state index contributed by atoms with van der Waals surface area (Å²) in [6.45, 7) is 5.05. The third-order valence-electron chi connectivity index (χ3n) is 2.91. The lowest BCUT2D eigenvalue weighted by molar-refractivity contribution is 0.589. The first-order valence-corrected chi connectivity index (χ1v) is 6.72. The van der Waals surface area contributed by atoms with Gasteiger partial charge in [0, 0.05) is 23.2 Å². The molecule has 19 heavy (non-hydrogen) atoms. The van der Waals surface area contributed by atoms with Crippen molar-refractivity contribution in [2.24, 2.45) is 0 Å². The molecule has 0 heterocycles. The van der Waals surface area contributed by atoms with Crippen LogP contribution >= 0.6 is 11.6 Å². The maximum Gasteiger partial charge on any atom is 0.123 e. The molecule has 3 heteroatoms. The molecule has 0 saturated carbocycles. The molecule has 100 valence electrons. The lowest BCUT2D eigenvalue weighted by Gasteiger charge is -2.09. The van der Waals surface area contributed by atoms with Crippen molar-refractivity contribution in [3.8, 4) is 11.1 Å². The Bertz CT molecular complexity index is 549. The quantitative estimate of drug-likeness (QED) is 0.858. The Morgan fingerprint density at radius 1 is 1.11 bits per heavy atom. The van der Waals surface area contributed by atoms with Crippen molar-refractivity contribution in [2.45, 2.75) is 26.4 Å². The van der Waals surface area contributed by atoms with Gasteiger partial charge in [0.1, 0.15) is 5.82 Å². The maximum absolute atomic E-state index is 13.3. The Hall–Kier alpha value is -1.38. The number of hydrogen-bond acceptors (Lipinski definition) is 1. The van der Waals surface area contributed by atoms with E-state index < -0.39 is 0 Å². The van der Waals surface area contributed by atoms with Crippen molar-refractivity contribution < 1.29 is 4.39 Å². The fourth-order valence-corrected chi connectivity index (χ4v) is 2.07. The fourth-order valence-electron chi connectivity index (χ4n) is 1.84. The number of nitrogens with one attached hydrogen (secondary N) is 1. The van der Waals surface area contributed by atoms with Gasteiger partial charge in [-0.2, -0.15) is 0 Å².